The summed E-state index contributed by atoms with van der Waals surface area (Å²) in [6.45, 7) is 7.95. The molecule has 0 saturated heterocycles. The highest BCUT2D eigenvalue weighted by atomic mass is 35.5. The van der Waals surface area contributed by atoms with Crippen LogP contribution in [0, 0.1) is 6.92 Å². The highest BCUT2D eigenvalue weighted by molar-refractivity contribution is 7.92. The van der Waals surface area contributed by atoms with E-state index >= 15 is 0 Å². The highest BCUT2D eigenvalue weighted by Crippen LogP contribution is 2.37. The molecule has 1 N–H and O–H groups in total. The molecule has 1 unspecified atom stereocenters. The van der Waals surface area contributed by atoms with Crippen LogP contribution in [0.5, 0.6) is 0 Å². The van der Waals surface area contributed by atoms with Crippen LogP contribution in [0.3, 0.4) is 0 Å². The van der Waals surface area contributed by atoms with Gasteiger partial charge in [-0.05, 0) is 75.6 Å². The standard InChI is InChI=1S/C31H35ClF3N3O4S/c1-6-26(29(40)36-30(3,4)5)37(19-22-13-11-10-12-21(22)2)28(39)20-38(43(41,42)24-14-8-7-9-15-24)27-18-23(31(33,34)35)16-17-25(27)32/h7-18,26H,6,19-20H2,1-5H3,(H,36,40). The fourth-order valence-corrected chi connectivity index (χ4v) is 6.17. The Kier molecular flexibility index (Phi) is 10.6. The predicted octanol–water partition coefficient (Wildman–Crippen LogP) is 6.58. The van der Waals surface area contributed by atoms with Crippen molar-refractivity contribution in [2.75, 3.05) is 10.8 Å². The normalized spacial score (nSPS) is 12.9. The number of rotatable bonds is 10. The largest absolute Gasteiger partial charge is 0.416 e. The van der Waals surface area contributed by atoms with Crippen LogP contribution in [-0.4, -0.2) is 43.3 Å². The summed E-state index contributed by atoms with van der Waals surface area (Å²) in [6.07, 6.45) is -4.62. The van der Waals surface area contributed by atoms with Crippen molar-refractivity contribution in [1.82, 2.24) is 10.2 Å². The summed E-state index contributed by atoms with van der Waals surface area (Å²) in [5.41, 5.74) is -0.735. The molecule has 3 aromatic rings. The minimum atomic E-state index is -4.80. The van der Waals surface area contributed by atoms with Gasteiger partial charge >= 0.3 is 6.18 Å². The molecule has 0 bridgehead atoms. The third-order valence-electron chi connectivity index (χ3n) is 6.64. The van der Waals surface area contributed by atoms with E-state index in [4.69, 9.17) is 11.6 Å². The van der Waals surface area contributed by atoms with Crippen LogP contribution in [-0.2, 0) is 32.3 Å². The zero-order valence-electron chi connectivity index (χ0n) is 24.6. The SMILES string of the molecule is CCC(C(=O)NC(C)(C)C)N(Cc1ccccc1C)C(=O)CN(c1cc(C(F)(F)F)ccc1Cl)S(=O)(=O)c1ccccc1. The van der Waals surface area contributed by atoms with Gasteiger partial charge in [-0.15, -0.1) is 0 Å². The third-order valence-corrected chi connectivity index (χ3v) is 8.73. The van der Waals surface area contributed by atoms with Gasteiger partial charge in [-0.25, -0.2) is 8.42 Å². The molecular weight excluding hydrogens is 603 g/mol. The Labute approximate surface area is 255 Å². The molecule has 0 saturated carbocycles. The Morgan fingerprint density at radius 1 is 0.953 bits per heavy atom. The lowest BCUT2D eigenvalue weighted by atomic mass is 10.0. The van der Waals surface area contributed by atoms with Crippen LogP contribution in [0.2, 0.25) is 5.02 Å². The molecule has 0 aliphatic carbocycles. The second kappa shape index (κ2) is 13.4. The number of nitrogens with one attached hydrogen (secondary N) is 1. The average molecular weight is 638 g/mol. The molecule has 2 amide bonds. The molecule has 3 rings (SSSR count). The summed E-state index contributed by atoms with van der Waals surface area (Å²) >= 11 is 6.30. The van der Waals surface area contributed by atoms with Gasteiger partial charge in [0, 0.05) is 12.1 Å². The maximum absolute atomic E-state index is 14.2. The zero-order chi connectivity index (χ0) is 32.2. The Morgan fingerprint density at radius 3 is 2.12 bits per heavy atom. The van der Waals surface area contributed by atoms with Crippen molar-refractivity contribution in [3.05, 3.63) is 94.5 Å². The Morgan fingerprint density at radius 2 is 1.56 bits per heavy atom. The number of halogens is 4. The van der Waals surface area contributed by atoms with Gasteiger partial charge in [-0.2, -0.15) is 13.2 Å². The Balaban J connectivity index is 2.18. The molecule has 1 atom stereocenters. The lowest BCUT2D eigenvalue weighted by Gasteiger charge is -2.35. The maximum atomic E-state index is 14.2. The Hall–Kier alpha value is -3.57. The summed E-state index contributed by atoms with van der Waals surface area (Å²) in [5.74, 6) is -1.25. The second-order valence-electron chi connectivity index (χ2n) is 11.1. The van der Waals surface area contributed by atoms with E-state index in [1.807, 2.05) is 19.1 Å². The molecule has 0 fully saturated rings. The van der Waals surface area contributed by atoms with Crippen molar-refractivity contribution >= 4 is 39.1 Å². The molecule has 7 nitrogen and oxygen atoms in total. The van der Waals surface area contributed by atoms with Gasteiger partial charge < -0.3 is 10.2 Å². The number of carbonyl (C=O) groups excluding carboxylic acids is 2. The number of carbonyl (C=O) groups is 2. The van der Waals surface area contributed by atoms with Crippen LogP contribution in [0.25, 0.3) is 0 Å². The fraction of sp³-hybridized carbons (Fsp3) is 0.355. The molecule has 3 aromatic carbocycles. The number of nitrogens with zero attached hydrogens (tertiary/aromatic N) is 2. The van der Waals surface area contributed by atoms with E-state index in [0.29, 0.717) is 15.9 Å². The van der Waals surface area contributed by atoms with Gasteiger partial charge in [0.1, 0.15) is 12.6 Å². The van der Waals surface area contributed by atoms with Gasteiger partial charge in [-0.3, -0.25) is 13.9 Å². The number of sulfonamides is 1. The topological polar surface area (TPSA) is 86.8 Å². The maximum Gasteiger partial charge on any atom is 0.416 e. The monoisotopic (exact) mass is 637 g/mol. The van der Waals surface area contributed by atoms with Gasteiger partial charge in [0.15, 0.2) is 0 Å². The van der Waals surface area contributed by atoms with E-state index < -0.39 is 57.4 Å². The first kappa shape index (κ1) is 33.9. The van der Waals surface area contributed by atoms with E-state index in [1.54, 1.807) is 45.9 Å². The highest BCUT2D eigenvalue weighted by Gasteiger charge is 2.37. The number of hydrogen-bond donors (Lipinski definition) is 1. The molecule has 43 heavy (non-hydrogen) atoms. The van der Waals surface area contributed by atoms with Crippen molar-refractivity contribution in [3.63, 3.8) is 0 Å². The van der Waals surface area contributed by atoms with Crippen LogP contribution in [0.15, 0.2) is 77.7 Å². The molecular formula is C31H35ClF3N3O4S. The van der Waals surface area contributed by atoms with Crippen molar-refractivity contribution in [2.45, 2.75) is 70.2 Å². The summed E-state index contributed by atoms with van der Waals surface area (Å²) in [5, 5.41) is 2.57. The summed E-state index contributed by atoms with van der Waals surface area (Å²) < 4.78 is 69.5. The van der Waals surface area contributed by atoms with Gasteiger partial charge in [0.2, 0.25) is 11.8 Å². The lowest BCUT2D eigenvalue weighted by molar-refractivity contribution is -0.141. The lowest BCUT2D eigenvalue weighted by Crippen LogP contribution is -2.55. The van der Waals surface area contributed by atoms with E-state index in [9.17, 15) is 31.2 Å². The summed E-state index contributed by atoms with van der Waals surface area (Å²) in [7, 11) is -4.60. The van der Waals surface area contributed by atoms with Crippen molar-refractivity contribution < 1.29 is 31.2 Å². The van der Waals surface area contributed by atoms with E-state index in [1.165, 1.54) is 29.2 Å². The molecule has 12 heteroatoms. The summed E-state index contributed by atoms with van der Waals surface area (Å²) in [6, 6.07) is 15.5. The number of hydrogen-bond acceptors (Lipinski definition) is 4. The van der Waals surface area contributed by atoms with Crippen molar-refractivity contribution in [2.24, 2.45) is 0 Å². The first-order chi connectivity index (χ1) is 20.0. The third kappa shape index (κ3) is 8.51. The molecule has 0 aliphatic rings. The zero-order valence-corrected chi connectivity index (χ0v) is 26.1. The smallest absolute Gasteiger partial charge is 0.350 e. The number of benzene rings is 3. The van der Waals surface area contributed by atoms with E-state index in [2.05, 4.69) is 5.32 Å². The Bertz CT molecular complexity index is 1560. The number of amides is 2. The molecule has 0 radical (unpaired) electrons. The molecule has 0 aliphatic heterocycles. The molecule has 232 valence electrons. The minimum Gasteiger partial charge on any atom is -0.350 e. The summed E-state index contributed by atoms with van der Waals surface area (Å²) in [4.78, 5) is 28.6. The molecule has 0 spiro atoms. The quantitative estimate of drug-likeness (QED) is 0.272. The van der Waals surface area contributed by atoms with Crippen LogP contribution in [0.4, 0.5) is 18.9 Å². The first-order valence-electron chi connectivity index (χ1n) is 13.6. The number of anilines is 1. The predicted molar refractivity (Wildman–Crippen MR) is 161 cm³/mol. The van der Waals surface area contributed by atoms with Gasteiger partial charge in [0.05, 0.1) is 21.2 Å². The van der Waals surface area contributed by atoms with Crippen LogP contribution >= 0.6 is 11.6 Å². The van der Waals surface area contributed by atoms with Gasteiger partial charge in [-0.1, -0.05) is 61.0 Å². The van der Waals surface area contributed by atoms with E-state index in [0.717, 1.165) is 17.7 Å². The van der Waals surface area contributed by atoms with Crippen LogP contribution < -0.4 is 9.62 Å². The fourth-order valence-electron chi connectivity index (χ4n) is 4.46. The van der Waals surface area contributed by atoms with Gasteiger partial charge in [0.25, 0.3) is 10.0 Å². The van der Waals surface area contributed by atoms with Crippen molar-refractivity contribution in [3.8, 4) is 0 Å². The number of aryl methyl sites for hydroxylation is 1. The minimum absolute atomic E-state index is 0.0445. The number of alkyl halides is 3. The van der Waals surface area contributed by atoms with E-state index in [-0.39, 0.29) is 22.9 Å². The van der Waals surface area contributed by atoms with Crippen LogP contribution in [0.1, 0.15) is 50.8 Å². The average Bonchev–Trinajstić information content (AvgIpc) is 2.91. The first-order valence-corrected chi connectivity index (χ1v) is 15.4. The molecule has 0 heterocycles. The molecule has 0 aromatic heterocycles. The second-order valence-corrected chi connectivity index (χ2v) is 13.4. The van der Waals surface area contributed by atoms with Crippen molar-refractivity contribution in [1.29, 1.82) is 0 Å².